The largest absolute Gasteiger partial charge is 0.508 e. The van der Waals surface area contributed by atoms with Crippen molar-refractivity contribution in [1.29, 1.82) is 0 Å². The van der Waals surface area contributed by atoms with E-state index in [4.69, 9.17) is 5.11 Å². The molecule has 4 heteroatoms. The van der Waals surface area contributed by atoms with E-state index in [1.165, 1.54) is 0 Å². The van der Waals surface area contributed by atoms with E-state index in [1.54, 1.807) is 12.1 Å². The molecule has 1 aromatic carbocycles. The van der Waals surface area contributed by atoms with Gasteiger partial charge in [-0.05, 0) is 30.5 Å². The summed E-state index contributed by atoms with van der Waals surface area (Å²) in [4.78, 5) is 9.73. The first-order valence-corrected chi connectivity index (χ1v) is 4.58. The van der Waals surface area contributed by atoms with Crippen molar-refractivity contribution in [2.24, 2.45) is 0 Å². The van der Waals surface area contributed by atoms with E-state index in [0.29, 0.717) is 6.42 Å². The van der Waals surface area contributed by atoms with Crippen molar-refractivity contribution in [3.05, 3.63) is 39.9 Å². The van der Waals surface area contributed by atoms with Crippen LogP contribution in [0.5, 0.6) is 5.75 Å². The van der Waals surface area contributed by atoms with E-state index in [0.717, 1.165) is 18.4 Å². The van der Waals surface area contributed by atoms with Gasteiger partial charge in [-0.3, -0.25) is 10.1 Å². The van der Waals surface area contributed by atoms with E-state index in [-0.39, 0.29) is 17.2 Å². The van der Waals surface area contributed by atoms with Crippen LogP contribution in [0.2, 0.25) is 0 Å². The molecule has 4 nitrogen and oxygen atoms in total. The third-order valence-electron chi connectivity index (χ3n) is 1.99. The summed E-state index contributed by atoms with van der Waals surface area (Å²) >= 11 is 0. The summed E-state index contributed by atoms with van der Waals surface area (Å²) in [6, 6.07) is 6.93. The third-order valence-corrected chi connectivity index (χ3v) is 1.99. The maximum atomic E-state index is 10.0. The highest BCUT2D eigenvalue weighted by atomic mass is 16.6. The number of phenols is 1. The zero-order valence-corrected chi connectivity index (χ0v) is 7.85. The second-order valence-corrected chi connectivity index (χ2v) is 3.18. The highest BCUT2D eigenvalue weighted by Crippen LogP contribution is 2.11. The summed E-state index contributed by atoms with van der Waals surface area (Å²) in [5.74, 6) is 0.249. The second-order valence-electron chi connectivity index (χ2n) is 3.18. The van der Waals surface area contributed by atoms with Gasteiger partial charge in [0.2, 0.25) is 6.54 Å². The zero-order chi connectivity index (χ0) is 10.4. The Morgan fingerprint density at radius 2 is 1.86 bits per heavy atom. The fraction of sp³-hybridized carbons (Fsp3) is 0.400. The number of aryl methyl sites for hydroxylation is 1. The van der Waals surface area contributed by atoms with Gasteiger partial charge in [0.25, 0.3) is 0 Å². The molecule has 0 fully saturated rings. The number of nitro groups is 1. The van der Waals surface area contributed by atoms with Crippen LogP contribution in [0.15, 0.2) is 24.3 Å². The van der Waals surface area contributed by atoms with Crippen LogP contribution >= 0.6 is 0 Å². The minimum Gasteiger partial charge on any atom is -0.508 e. The molecule has 1 aromatic rings. The SMILES string of the molecule is O=[N+]([O-])CCCCc1ccc(O)cc1. The minimum absolute atomic E-state index is 0.0398. The van der Waals surface area contributed by atoms with Crippen molar-refractivity contribution in [3.63, 3.8) is 0 Å². The molecule has 0 unspecified atom stereocenters. The first-order chi connectivity index (χ1) is 6.68. The highest BCUT2D eigenvalue weighted by Gasteiger charge is 1.98. The summed E-state index contributed by atoms with van der Waals surface area (Å²) < 4.78 is 0. The third kappa shape index (κ3) is 3.89. The number of hydrogen-bond donors (Lipinski definition) is 1. The lowest BCUT2D eigenvalue weighted by molar-refractivity contribution is -0.480. The van der Waals surface area contributed by atoms with Gasteiger partial charge in [0.15, 0.2) is 0 Å². The summed E-state index contributed by atoms with van der Waals surface area (Å²) in [6.07, 6.45) is 2.24. The summed E-state index contributed by atoms with van der Waals surface area (Å²) in [7, 11) is 0. The van der Waals surface area contributed by atoms with Crippen LogP contribution < -0.4 is 0 Å². The molecule has 0 amide bonds. The van der Waals surface area contributed by atoms with E-state index in [1.807, 2.05) is 12.1 Å². The van der Waals surface area contributed by atoms with Gasteiger partial charge in [-0.1, -0.05) is 12.1 Å². The molecule has 1 rings (SSSR count). The molecule has 0 heterocycles. The Balaban J connectivity index is 2.25. The molecule has 0 atom stereocenters. The molecule has 0 bridgehead atoms. The molecule has 0 radical (unpaired) electrons. The molecule has 0 aliphatic heterocycles. The minimum atomic E-state index is -0.295. The molecule has 0 spiro atoms. The van der Waals surface area contributed by atoms with Gasteiger partial charge >= 0.3 is 0 Å². The predicted octanol–water partition coefficient (Wildman–Crippen LogP) is 1.99. The number of phenolic OH excluding ortho intramolecular Hbond substituents is 1. The van der Waals surface area contributed by atoms with Crippen LogP contribution in [0.4, 0.5) is 0 Å². The molecule has 76 valence electrons. The highest BCUT2D eigenvalue weighted by molar-refractivity contribution is 5.25. The van der Waals surface area contributed by atoms with Crippen LogP contribution in [0.1, 0.15) is 18.4 Å². The number of nitrogens with zero attached hydrogens (tertiary/aromatic N) is 1. The number of aromatic hydroxyl groups is 1. The summed E-state index contributed by atoms with van der Waals surface area (Å²) in [6.45, 7) is 0.0398. The topological polar surface area (TPSA) is 63.4 Å². The first-order valence-electron chi connectivity index (χ1n) is 4.58. The molecule has 1 N–H and O–H groups in total. The Morgan fingerprint density at radius 1 is 1.21 bits per heavy atom. The number of benzene rings is 1. The fourth-order valence-electron chi connectivity index (χ4n) is 1.23. The van der Waals surface area contributed by atoms with E-state index in [9.17, 15) is 10.1 Å². The lowest BCUT2D eigenvalue weighted by Gasteiger charge is -1.99. The maximum Gasteiger partial charge on any atom is 0.203 e. The van der Waals surface area contributed by atoms with Gasteiger partial charge < -0.3 is 5.11 Å². The van der Waals surface area contributed by atoms with Gasteiger partial charge in [-0.25, -0.2) is 0 Å². The van der Waals surface area contributed by atoms with Crippen LogP contribution in [0.25, 0.3) is 0 Å². The molecule has 0 aromatic heterocycles. The average molecular weight is 195 g/mol. The van der Waals surface area contributed by atoms with E-state index >= 15 is 0 Å². The van der Waals surface area contributed by atoms with Gasteiger partial charge in [0.05, 0.1) is 0 Å². The second kappa shape index (κ2) is 5.21. The summed E-state index contributed by atoms with van der Waals surface area (Å²) in [5.41, 5.74) is 1.10. The van der Waals surface area contributed by atoms with Crippen molar-refractivity contribution < 1.29 is 10.0 Å². The number of hydrogen-bond acceptors (Lipinski definition) is 3. The van der Waals surface area contributed by atoms with Gasteiger partial charge in [-0.2, -0.15) is 0 Å². The van der Waals surface area contributed by atoms with E-state index < -0.39 is 0 Å². The Hall–Kier alpha value is -1.58. The molecular formula is C10H13NO3. The Labute approximate surface area is 82.3 Å². The Bertz CT molecular complexity index is 295. The molecule has 0 saturated carbocycles. The van der Waals surface area contributed by atoms with Crippen LogP contribution in [0, 0.1) is 10.1 Å². The molecule has 0 saturated heterocycles. The van der Waals surface area contributed by atoms with Crippen molar-refractivity contribution in [1.82, 2.24) is 0 Å². The Morgan fingerprint density at radius 3 is 2.43 bits per heavy atom. The first kappa shape index (κ1) is 10.5. The lowest BCUT2D eigenvalue weighted by atomic mass is 10.1. The van der Waals surface area contributed by atoms with Crippen molar-refractivity contribution >= 4 is 0 Å². The van der Waals surface area contributed by atoms with Crippen molar-refractivity contribution in [2.45, 2.75) is 19.3 Å². The number of rotatable bonds is 5. The van der Waals surface area contributed by atoms with Crippen molar-refractivity contribution in [2.75, 3.05) is 6.54 Å². The van der Waals surface area contributed by atoms with Gasteiger partial charge in [0, 0.05) is 11.3 Å². The normalized spacial score (nSPS) is 10.0. The van der Waals surface area contributed by atoms with Crippen molar-refractivity contribution in [3.8, 4) is 5.75 Å². The quantitative estimate of drug-likeness (QED) is 0.444. The van der Waals surface area contributed by atoms with Crippen LogP contribution in [0.3, 0.4) is 0 Å². The molecule has 14 heavy (non-hydrogen) atoms. The van der Waals surface area contributed by atoms with Crippen LogP contribution in [-0.2, 0) is 6.42 Å². The monoisotopic (exact) mass is 195 g/mol. The molecular weight excluding hydrogens is 182 g/mol. The predicted molar refractivity (Wildman–Crippen MR) is 52.9 cm³/mol. The van der Waals surface area contributed by atoms with E-state index in [2.05, 4.69) is 0 Å². The Kier molecular flexibility index (Phi) is 3.91. The number of unbranched alkanes of at least 4 members (excludes halogenated alkanes) is 1. The summed E-state index contributed by atoms with van der Waals surface area (Å²) in [5, 5.41) is 19.0. The van der Waals surface area contributed by atoms with Crippen LogP contribution in [-0.4, -0.2) is 16.6 Å². The standard InChI is InChI=1S/C10H13NO3/c12-10-6-4-9(5-7-10)3-1-2-8-11(13)14/h4-7,12H,1-3,8H2. The lowest BCUT2D eigenvalue weighted by Crippen LogP contribution is -2.00. The molecule has 0 aliphatic rings. The van der Waals surface area contributed by atoms with Gasteiger partial charge in [0.1, 0.15) is 5.75 Å². The smallest absolute Gasteiger partial charge is 0.203 e. The maximum absolute atomic E-state index is 10.0. The zero-order valence-electron chi connectivity index (χ0n) is 7.85. The fourth-order valence-corrected chi connectivity index (χ4v) is 1.23. The van der Waals surface area contributed by atoms with Gasteiger partial charge in [-0.15, -0.1) is 0 Å². The average Bonchev–Trinajstić information content (AvgIpc) is 2.15. The molecule has 0 aliphatic carbocycles.